The topological polar surface area (TPSA) is 80.0 Å². The van der Waals surface area contributed by atoms with Crippen molar-refractivity contribution in [1.29, 1.82) is 0 Å². The van der Waals surface area contributed by atoms with Crippen LogP contribution in [0.15, 0.2) is 57.5 Å². The summed E-state index contributed by atoms with van der Waals surface area (Å²) in [6.07, 6.45) is 0. The van der Waals surface area contributed by atoms with Crippen LogP contribution in [0.5, 0.6) is 0 Å². The van der Waals surface area contributed by atoms with Gasteiger partial charge in [-0.15, -0.1) is 0 Å². The molecule has 2 amide bonds. The van der Waals surface area contributed by atoms with E-state index >= 15 is 0 Å². The Bertz CT molecular complexity index is 908. The monoisotopic (exact) mass is 414 g/mol. The molecule has 26 heavy (non-hydrogen) atoms. The third-order valence-corrected chi connectivity index (χ3v) is 4.04. The summed E-state index contributed by atoms with van der Waals surface area (Å²) >= 11 is 3.43. The van der Waals surface area contributed by atoms with E-state index in [0.717, 1.165) is 15.6 Å². The zero-order chi connectivity index (χ0) is 18.5. The number of nitrogens with one attached hydrogen (secondary N) is 2. The van der Waals surface area contributed by atoms with Crippen molar-refractivity contribution in [2.24, 2.45) is 5.92 Å². The molecule has 0 aliphatic heterocycles. The van der Waals surface area contributed by atoms with Gasteiger partial charge in [0.15, 0.2) is 0 Å². The lowest BCUT2D eigenvalue weighted by molar-refractivity contribution is 0.251. The number of hydrogen-bond donors (Lipinski definition) is 2. The number of halogens is 1. The smallest absolute Gasteiger partial charge is 0.319 e. The Morgan fingerprint density at radius 2 is 1.92 bits per heavy atom. The van der Waals surface area contributed by atoms with Crippen molar-refractivity contribution >= 4 is 27.6 Å². The van der Waals surface area contributed by atoms with Crippen molar-refractivity contribution in [3.63, 3.8) is 0 Å². The average Bonchev–Trinajstić information content (AvgIpc) is 3.10. The van der Waals surface area contributed by atoms with E-state index in [0.29, 0.717) is 29.9 Å². The maximum absolute atomic E-state index is 11.9. The van der Waals surface area contributed by atoms with Crippen LogP contribution in [0.3, 0.4) is 0 Å². The van der Waals surface area contributed by atoms with Gasteiger partial charge >= 0.3 is 6.03 Å². The van der Waals surface area contributed by atoms with Gasteiger partial charge in [0.2, 0.25) is 5.82 Å². The molecule has 1 aromatic heterocycles. The largest absolute Gasteiger partial charge is 0.338 e. The Hall–Kier alpha value is -2.67. The summed E-state index contributed by atoms with van der Waals surface area (Å²) in [6.45, 7) is 4.70. The quantitative estimate of drug-likeness (QED) is 0.619. The van der Waals surface area contributed by atoms with E-state index < -0.39 is 0 Å². The second-order valence-corrected chi connectivity index (χ2v) is 7.16. The highest BCUT2D eigenvalue weighted by molar-refractivity contribution is 9.10. The number of rotatable bonds is 5. The Labute approximate surface area is 160 Å². The number of amides is 2. The van der Waals surface area contributed by atoms with Crippen LogP contribution in [-0.2, 0) is 0 Å². The highest BCUT2D eigenvalue weighted by atomic mass is 79.9. The van der Waals surface area contributed by atoms with Gasteiger partial charge in [0.25, 0.3) is 5.89 Å². The number of carbonyl (C=O) groups is 1. The second-order valence-electron chi connectivity index (χ2n) is 6.24. The first-order chi connectivity index (χ1) is 12.5. The molecule has 0 saturated carbocycles. The summed E-state index contributed by atoms with van der Waals surface area (Å²) in [5, 5.41) is 9.67. The van der Waals surface area contributed by atoms with Crippen LogP contribution in [0.25, 0.3) is 22.8 Å². The molecule has 2 N–H and O–H groups in total. The van der Waals surface area contributed by atoms with Gasteiger partial charge < -0.3 is 15.2 Å². The van der Waals surface area contributed by atoms with Gasteiger partial charge in [-0.05, 0) is 36.2 Å². The van der Waals surface area contributed by atoms with Crippen molar-refractivity contribution in [1.82, 2.24) is 15.5 Å². The number of hydrogen-bond acceptors (Lipinski definition) is 4. The van der Waals surface area contributed by atoms with Crippen LogP contribution >= 0.6 is 15.9 Å². The molecule has 0 radical (unpaired) electrons. The fraction of sp³-hybridized carbons (Fsp3) is 0.211. The van der Waals surface area contributed by atoms with Gasteiger partial charge in [-0.3, -0.25) is 0 Å². The summed E-state index contributed by atoms with van der Waals surface area (Å²) in [5.74, 6) is 1.29. The first kappa shape index (κ1) is 18.1. The number of urea groups is 1. The highest BCUT2D eigenvalue weighted by Gasteiger charge is 2.12. The molecular weight excluding hydrogens is 396 g/mol. The Kier molecular flexibility index (Phi) is 5.68. The molecule has 0 bridgehead atoms. The fourth-order valence-electron chi connectivity index (χ4n) is 2.29. The van der Waals surface area contributed by atoms with Gasteiger partial charge in [0.1, 0.15) is 0 Å². The summed E-state index contributed by atoms with van der Waals surface area (Å²) in [4.78, 5) is 16.4. The lowest BCUT2D eigenvalue weighted by Crippen LogP contribution is -2.31. The summed E-state index contributed by atoms with van der Waals surface area (Å²) in [6, 6.07) is 14.7. The van der Waals surface area contributed by atoms with Crippen molar-refractivity contribution < 1.29 is 9.32 Å². The van der Waals surface area contributed by atoms with Gasteiger partial charge in [-0.2, -0.15) is 4.98 Å². The third-order valence-electron chi connectivity index (χ3n) is 3.55. The molecule has 1 heterocycles. The predicted octanol–water partition coefficient (Wildman–Crippen LogP) is 4.94. The van der Waals surface area contributed by atoms with E-state index in [1.165, 1.54) is 0 Å². The molecular formula is C19H19BrN4O2. The first-order valence-corrected chi connectivity index (χ1v) is 9.05. The molecule has 7 heteroatoms. The minimum atomic E-state index is -0.237. The van der Waals surface area contributed by atoms with E-state index in [9.17, 15) is 4.79 Å². The fourth-order valence-corrected chi connectivity index (χ4v) is 2.69. The molecule has 134 valence electrons. The summed E-state index contributed by atoms with van der Waals surface area (Å²) < 4.78 is 6.30. The maximum Gasteiger partial charge on any atom is 0.319 e. The molecule has 0 spiro atoms. The van der Waals surface area contributed by atoms with Crippen molar-refractivity contribution in [3.05, 3.63) is 53.0 Å². The molecule has 0 aliphatic rings. The van der Waals surface area contributed by atoms with Gasteiger partial charge in [0, 0.05) is 27.8 Å². The van der Waals surface area contributed by atoms with Crippen LogP contribution in [-0.4, -0.2) is 22.7 Å². The summed E-state index contributed by atoms with van der Waals surface area (Å²) in [7, 11) is 0. The SMILES string of the molecule is CC(C)CNC(=O)Nc1cccc(-c2noc(-c3cccc(Br)c3)n2)c1. The normalized spacial score (nSPS) is 10.8. The predicted molar refractivity (Wildman–Crippen MR) is 105 cm³/mol. The zero-order valence-electron chi connectivity index (χ0n) is 14.5. The van der Waals surface area contributed by atoms with Crippen LogP contribution < -0.4 is 10.6 Å². The van der Waals surface area contributed by atoms with E-state index in [4.69, 9.17) is 4.52 Å². The second kappa shape index (κ2) is 8.14. The van der Waals surface area contributed by atoms with Crippen LogP contribution in [0.4, 0.5) is 10.5 Å². The minimum Gasteiger partial charge on any atom is -0.338 e. The molecule has 0 unspecified atom stereocenters. The third kappa shape index (κ3) is 4.70. The Balaban J connectivity index is 1.75. The molecule has 0 aliphatic carbocycles. The number of aromatic nitrogens is 2. The minimum absolute atomic E-state index is 0.237. The average molecular weight is 415 g/mol. The number of anilines is 1. The van der Waals surface area contributed by atoms with Crippen LogP contribution in [0, 0.1) is 5.92 Å². The van der Waals surface area contributed by atoms with E-state index in [-0.39, 0.29) is 6.03 Å². The van der Waals surface area contributed by atoms with E-state index in [1.54, 1.807) is 0 Å². The maximum atomic E-state index is 11.9. The van der Waals surface area contributed by atoms with Crippen molar-refractivity contribution in [2.45, 2.75) is 13.8 Å². The van der Waals surface area contributed by atoms with Crippen LogP contribution in [0.1, 0.15) is 13.8 Å². The summed E-state index contributed by atoms with van der Waals surface area (Å²) in [5.41, 5.74) is 2.26. The van der Waals surface area contributed by atoms with Crippen LogP contribution in [0.2, 0.25) is 0 Å². The van der Waals surface area contributed by atoms with Crippen molar-refractivity contribution in [3.8, 4) is 22.8 Å². The molecule has 6 nitrogen and oxygen atoms in total. The van der Waals surface area contributed by atoms with Gasteiger partial charge in [0.05, 0.1) is 0 Å². The van der Waals surface area contributed by atoms with Crippen molar-refractivity contribution in [2.75, 3.05) is 11.9 Å². The highest BCUT2D eigenvalue weighted by Crippen LogP contribution is 2.25. The zero-order valence-corrected chi connectivity index (χ0v) is 16.1. The molecule has 3 rings (SSSR count). The lowest BCUT2D eigenvalue weighted by atomic mass is 10.2. The van der Waals surface area contributed by atoms with Gasteiger partial charge in [-0.25, -0.2) is 4.79 Å². The Morgan fingerprint density at radius 3 is 2.69 bits per heavy atom. The van der Waals surface area contributed by atoms with E-state index in [1.807, 2.05) is 62.4 Å². The Morgan fingerprint density at radius 1 is 1.15 bits per heavy atom. The molecule has 0 fully saturated rings. The molecule has 3 aromatic rings. The number of benzene rings is 2. The molecule has 2 aromatic carbocycles. The first-order valence-electron chi connectivity index (χ1n) is 8.26. The molecule has 0 atom stereocenters. The number of nitrogens with zero attached hydrogens (tertiary/aromatic N) is 2. The standard InChI is InChI=1S/C19H19BrN4O2/c1-12(2)11-21-19(25)22-16-8-4-5-13(10-16)17-23-18(26-24-17)14-6-3-7-15(20)9-14/h3-10,12H,11H2,1-2H3,(H2,21,22,25). The molecule has 0 saturated heterocycles. The van der Waals surface area contributed by atoms with E-state index in [2.05, 4.69) is 36.7 Å². The lowest BCUT2D eigenvalue weighted by Gasteiger charge is -2.09. The van der Waals surface area contributed by atoms with Gasteiger partial charge in [-0.1, -0.05) is 53.1 Å². The number of carbonyl (C=O) groups excluding carboxylic acids is 1.